The van der Waals surface area contributed by atoms with Gasteiger partial charge in [0.25, 0.3) is 0 Å². The zero-order valence-electron chi connectivity index (χ0n) is 17.8. The summed E-state index contributed by atoms with van der Waals surface area (Å²) in [6.45, 7) is 0. The molecule has 0 aliphatic heterocycles. The number of alkyl halides is 3. The molecule has 2 heterocycles. The van der Waals surface area contributed by atoms with E-state index >= 15 is 0 Å². The van der Waals surface area contributed by atoms with E-state index in [1.54, 1.807) is 18.2 Å². The van der Waals surface area contributed by atoms with Gasteiger partial charge in [-0.25, -0.2) is 14.4 Å². The number of hydrogen-bond donors (Lipinski definition) is 2. The highest BCUT2D eigenvalue weighted by Crippen LogP contribution is 2.35. The Morgan fingerprint density at radius 2 is 1.71 bits per heavy atom. The first-order valence-corrected chi connectivity index (χ1v) is 9.67. The highest BCUT2D eigenvalue weighted by Gasteiger charge is 2.32. The Kier molecular flexibility index (Phi) is 6.21. The highest BCUT2D eigenvalue weighted by atomic mass is 19.4. The second-order valence-electron chi connectivity index (χ2n) is 6.84. The maximum absolute atomic E-state index is 14.4. The summed E-state index contributed by atoms with van der Waals surface area (Å²) in [7, 11) is 2.94. The SMILES string of the molecule is COc1ccc(Nc2nc(Nc3cc(-c4ncco4)cc(C(F)(F)F)c3)ncc2F)cc1OC. The fourth-order valence-electron chi connectivity index (χ4n) is 3.05. The van der Waals surface area contributed by atoms with Crippen LogP contribution in [0.15, 0.2) is 59.5 Å². The molecule has 0 aliphatic carbocycles. The molecule has 0 saturated heterocycles. The van der Waals surface area contributed by atoms with Gasteiger partial charge in [-0.05, 0) is 30.3 Å². The molecule has 0 saturated carbocycles. The van der Waals surface area contributed by atoms with E-state index in [2.05, 4.69) is 25.6 Å². The van der Waals surface area contributed by atoms with E-state index in [0.29, 0.717) is 17.2 Å². The average Bonchev–Trinajstić information content (AvgIpc) is 3.35. The van der Waals surface area contributed by atoms with Crippen LogP contribution in [-0.4, -0.2) is 29.2 Å². The topological polar surface area (TPSA) is 94.3 Å². The number of anilines is 4. The van der Waals surface area contributed by atoms with Gasteiger partial charge in [-0.1, -0.05) is 0 Å². The van der Waals surface area contributed by atoms with Gasteiger partial charge in [-0.15, -0.1) is 0 Å². The number of methoxy groups -OCH3 is 2. The van der Waals surface area contributed by atoms with Crippen LogP contribution < -0.4 is 20.1 Å². The third-order valence-corrected chi connectivity index (χ3v) is 4.59. The van der Waals surface area contributed by atoms with Gasteiger partial charge in [0.05, 0.1) is 32.2 Å². The van der Waals surface area contributed by atoms with Gasteiger partial charge < -0.3 is 24.5 Å². The van der Waals surface area contributed by atoms with Gasteiger partial charge in [0.15, 0.2) is 23.1 Å². The molecular formula is C22H17F4N5O3. The monoisotopic (exact) mass is 475 g/mol. The molecule has 0 bridgehead atoms. The zero-order chi connectivity index (χ0) is 24.3. The van der Waals surface area contributed by atoms with Crippen molar-refractivity contribution in [1.29, 1.82) is 0 Å². The van der Waals surface area contributed by atoms with Crippen LogP contribution in [0.2, 0.25) is 0 Å². The Morgan fingerprint density at radius 3 is 2.38 bits per heavy atom. The molecule has 34 heavy (non-hydrogen) atoms. The molecule has 176 valence electrons. The van der Waals surface area contributed by atoms with Crippen molar-refractivity contribution in [3.8, 4) is 23.0 Å². The molecule has 0 amide bonds. The van der Waals surface area contributed by atoms with Crippen molar-refractivity contribution in [1.82, 2.24) is 15.0 Å². The van der Waals surface area contributed by atoms with Crippen LogP contribution in [-0.2, 0) is 6.18 Å². The van der Waals surface area contributed by atoms with Crippen molar-refractivity contribution < 1.29 is 31.5 Å². The maximum atomic E-state index is 14.4. The Balaban J connectivity index is 1.64. The summed E-state index contributed by atoms with van der Waals surface area (Å²) in [6.07, 6.45) is -1.17. The molecule has 2 N–H and O–H groups in total. The highest BCUT2D eigenvalue weighted by molar-refractivity contribution is 5.67. The second kappa shape index (κ2) is 9.25. The third kappa shape index (κ3) is 5.00. The number of ether oxygens (including phenoxy) is 2. The third-order valence-electron chi connectivity index (χ3n) is 4.59. The lowest BCUT2D eigenvalue weighted by atomic mass is 10.1. The summed E-state index contributed by atoms with van der Waals surface area (Å²) in [5.74, 6) is -0.227. The molecule has 0 unspecified atom stereocenters. The number of nitrogens with one attached hydrogen (secondary N) is 2. The molecule has 0 spiro atoms. The smallest absolute Gasteiger partial charge is 0.416 e. The first kappa shape index (κ1) is 22.8. The molecule has 4 aromatic rings. The summed E-state index contributed by atoms with van der Waals surface area (Å²) in [5, 5.41) is 5.46. The lowest BCUT2D eigenvalue weighted by Gasteiger charge is -2.14. The number of oxazole rings is 1. The lowest BCUT2D eigenvalue weighted by Crippen LogP contribution is -2.07. The van der Waals surface area contributed by atoms with E-state index in [0.717, 1.165) is 18.3 Å². The van der Waals surface area contributed by atoms with Gasteiger partial charge in [-0.2, -0.15) is 18.2 Å². The molecule has 0 fully saturated rings. The van der Waals surface area contributed by atoms with Crippen molar-refractivity contribution >= 4 is 23.1 Å². The van der Waals surface area contributed by atoms with Gasteiger partial charge in [0.2, 0.25) is 11.8 Å². The van der Waals surface area contributed by atoms with Crippen LogP contribution >= 0.6 is 0 Å². The molecule has 2 aromatic carbocycles. The maximum Gasteiger partial charge on any atom is 0.416 e. The fourth-order valence-corrected chi connectivity index (χ4v) is 3.05. The van der Waals surface area contributed by atoms with Crippen LogP contribution in [0.1, 0.15) is 5.56 Å². The van der Waals surface area contributed by atoms with E-state index < -0.39 is 17.6 Å². The summed E-state index contributed by atoms with van der Waals surface area (Å²) < 4.78 is 70.1. The number of nitrogens with zero attached hydrogens (tertiary/aromatic N) is 3. The van der Waals surface area contributed by atoms with Crippen LogP contribution in [0.3, 0.4) is 0 Å². The van der Waals surface area contributed by atoms with Crippen molar-refractivity contribution in [3.05, 3.63) is 66.4 Å². The van der Waals surface area contributed by atoms with Crippen LogP contribution in [0.5, 0.6) is 11.5 Å². The molecule has 0 atom stereocenters. The molecule has 2 aromatic heterocycles. The molecule has 8 nitrogen and oxygen atoms in total. The average molecular weight is 475 g/mol. The minimum atomic E-state index is -4.62. The summed E-state index contributed by atoms with van der Waals surface area (Å²) in [6, 6.07) is 7.98. The van der Waals surface area contributed by atoms with Crippen molar-refractivity contribution in [3.63, 3.8) is 0 Å². The molecule has 0 aliphatic rings. The van der Waals surface area contributed by atoms with E-state index in [-0.39, 0.29) is 28.9 Å². The Hall–Kier alpha value is -4.35. The lowest BCUT2D eigenvalue weighted by molar-refractivity contribution is -0.137. The Labute approximate surface area is 190 Å². The summed E-state index contributed by atoms with van der Waals surface area (Å²) in [4.78, 5) is 11.7. The van der Waals surface area contributed by atoms with Gasteiger partial charge in [-0.3, -0.25) is 0 Å². The number of hydrogen-bond acceptors (Lipinski definition) is 8. The molecular weight excluding hydrogens is 458 g/mol. The molecule has 0 radical (unpaired) electrons. The van der Waals surface area contributed by atoms with Crippen LogP contribution in [0.25, 0.3) is 11.5 Å². The summed E-state index contributed by atoms with van der Waals surface area (Å²) in [5.41, 5.74) is -0.400. The van der Waals surface area contributed by atoms with Crippen molar-refractivity contribution in [2.45, 2.75) is 6.18 Å². The van der Waals surface area contributed by atoms with Crippen LogP contribution in [0, 0.1) is 5.82 Å². The number of aromatic nitrogens is 3. The second-order valence-corrected chi connectivity index (χ2v) is 6.84. The minimum absolute atomic E-state index is 0.00461. The van der Waals surface area contributed by atoms with Crippen molar-refractivity contribution in [2.24, 2.45) is 0 Å². The number of rotatable bonds is 7. The Morgan fingerprint density at radius 1 is 0.912 bits per heavy atom. The van der Waals surface area contributed by atoms with E-state index in [1.807, 2.05) is 0 Å². The number of halogens is 4. The molecule has 12 heteroatoms. The normalized spacial score (nSPS) is 11.2. The zero-order valence-corrected chi connectivity index (χ0v) is 17.8. The fraction of sp³-hybridized carbons (Fsp3) is 0.136. The Bertz CT molecular complexity index is 1300. The van der Waals surface area contributed by atoms with Crippen LogP contribution in [0.4, 0.5) is 40.7 Å². The van der Waals surface area contributed by atoms with Gasteiger partial charge >= 0.3 is 6.18 Å². The first-order valence-electron chi connectivity index (χ1n) is 9.67. The van der Waals surface area contributed by atoms with Crippen molar-refractivity contribution in [2.75, 3.05) is 24.9 Å². The predicted octanol–water partition coefficient (Wildman–Crippen LogP) is 5.79. The van der Waals surface area contributed by atoms with E-state index in [1.165, 1.54) is 32.7 Å². The van der Waals surface area contributed by atoms with E-state index in [4.69, 9.17) is 13.9 Å². The predicted molar refractivity (Wildman–Crippen MR) is 115 cm³/mol. The molecule has 4 rings (SSSR count). The van der Waals surface area contributed by atoms with Gasteiger partial charge in [0.1, 0.15) is 6.26 Å². The first-order chi connectivity index (χ1) is 16.3. The number of benzene rings is 2. The standard InChI is InChI=1S/C22H17F4N5O3/c1-32-17-4-3-14(10-18(17)33-2)29-19-16(23)11-28-21(31-19)30-15-8-12(20-27-5-6-34-20)7-13(9-15)22(24,25)26/h3-11H,1-2H3,(H2,28,29,30,31). The van der Waals surface area contributed by atoms with Gasteiger partial charge in [0, 0.05) is 23.0 Å². The largest absolute Gasteiger partial charge is 0.493 e. The quantitative estimate of drug-likeness (QED) is 0.324. The summed E-state index contributed by atoms with van der Waals surface area (Å²) >= 11 is 0. The minimum Gasteiger partial charge on any atom is -0.493 e. The van der Waals surface area contributed by atoms with E-state index in [9.17, 15) is 17.6 Å².